The summed E-state index contributed by atoms with van der Waals surface area (Å²) in [7, 11) is 0. The van der Waals surface area contributed by atoms with E-state index in [9.17, 15) is 19.3 Å². The van der Waals surface area contributed by atoms with E-state index in [1.54, 1.807) is 0 Å². The van der Waals surface area contributed by atoms with Gasteiger partial charge < -0.3 is 10.6 Å². The highest BCUT2D eigenvalue weighted by Crippen LogP contribution is 2.21. The molecule has 7 heteroatoms. The maximum atomic E-state index is 13.0. The summed E-state index contributed by atoms with van der Waals surface area (Å²) in [4.78, 5) is 21.1. The fourth-order valence-corrected chi connectivity index (χ4v) is 1.31. The Morgan fingerprint density at radius 1 is 1.50 bits per heavy atom. The summed E-state index contributed by atoms with van der Waals surface area (Å²) in [6.45, 7) is 2.78. The first kappa shape index (κ1) is 14.0. The van der Waals surface area contributed by atoms with Crippen LogP contribution in [0.3, 0.4) is 0 Å². The van der Waals surface area contributed by atoms with Crippen molar-refractivity contribution in [1.82, 2.24) is 5.32 Å². The fourth-order valence-electron chi connectivity index (χ4n) is 1.31. The van der Waals surface area contributed by atoms with Crippen molar-refractivity contribution in [2.45, 2.75) is 13.3 Å². The molecule has 0 fully saturated rings. The lowest BCUT2D eigenvalue weighted by Crippen LogP contribution is -2.28. The van der Waals surface area contributed by atoms with Gasteiger partial charge in [0.15, 0.2) is 0 Å². The van der Waals surface area contributed by atoms with Gasteiger partial charge in [0.25, 0.3) is 0 Å². The average Bonchev–Trinajstić information content (AvgIpc) is 2.31. The van der Waals surface area contributed by atoms with Gasteiger partial charge in [0.1, 0.15) is 0 Å². The third kappa shape index (κ3) is 4.10. The molecule has 1 rings (SSSR count). The van der Waals surface area contributed by atoms with Gasteiger partial charge in [0.2, 0.25) is 11.7 Å². The number of carbonyl (C=O) groups excluding carboxylic acids is 1. The van der Waals surface area contributed by atoms with Crippen LogP contribution in [-0.2, 0) is 4.79 Å². The number of amides is 1. The maximum absolute atomic E-state index is 13.0. The third-order valence-corrected chi connectivity index (χ3v) is 2.14. The standard InChI is InChI=1S/C11H14FN3O3/c1-2-5-13-7-11(16)14-8-3-4-9(12)10(6-8)15(17)18/h3-4,6,13H,2,5,7H2,1H3,(H,14,16). The van der Waals surface area contributed by atoms with Crippen molar-refractivity contribution in [1.29, 1.82) is 0 Å². The summed E-state index contributed by atoms with van der Waals surface area (Å²) in [6.07, 6.45) is 0.898. The number of anilines is 1. The summed E-state index contributed by atoms with van der Waals surface area (Å²) in [5.41, 5.74) is -0.458. The summed E-state index contributed by atoms with van der Waals surface area (Å²) >= 11 is 0. The van der Waals surface area contributed by atoms with E-state index in [1.165, 1.54) is 6.07 Å². The predicted molar refractivity (Wildman–Crippen MR) is 64.8 cm³/mol. The van der Waals surface area contributed by atoms with Gasteiger partial charge in [-0.3, -0.25) is 14.9 Å². The highest BCUT2D eigenvalue weighted by molar-refractivity contribution is 5.92. The molecule has 0 heterocycles. The van der Waals surface area contributed by atoms with Crippen LogP contribution in [0.5, 0.6) is 0 Å². The Kier molecular flexibility index (Phi) is 5.19. The molecule has 0 aromatic heterocycles. The Balaban J connectivity index is 2.65. The van der Waals surface area contributed by atoms with Gasteiger partial charge in [-0.25, -0.2) is 0 Å². The molecule has 0 radical (unpaired) electrons. The van der Waals surface area contributed by atoms with E-state index in [-0.39, 0.29) is 18.1 Å². The number of nitrogens with zero attached hydrogens (tertiary/aromatic N) is 1. The van der Waals surface area contributed by atoms with Gasteiger partial charge in [0.05, 0.1) is 11.5 Å². The predicted octanol–water partition coefficient (Wildman–Crippen LogP) is 1.67. The number of nitrogens with one attached hydrogen (secondary N) is 2. The van der Waals surface area contributed by atoms with E-state index in [1.807, 2.05) is 6.92 Å². The van der Waals surface area contributed by atoms with Gasteiger partial charge in [0, 0.05) is 11.8 Å². The molecule has 0 bridgehead atoms. The number of benzene rings is 1. The molecule has 0 saturated carbocycles. The Bertz CT molecular complexity index is 451. The first-order valence-corrected chi connectivity index (χ1v) is 5.49. The number of hydrogen-bond acceptors (Lipinski definition) is 4. The second-order valence-electron chi connectivity index (χ2n) is 3.65. The van der Waals surface area contributed by atoms with Gasteiger partial charge in [-0.2, -0.15) is 4.39 Å². The minimum absolute atomic E-state index is 0.110. The lowest BCUT2D eigenvalue weighted by molar-refractivity contribution is -0.387. The third-order valence-electron chi connectivity index (χ3n) is 2.14. The SMILES string of the molecule is CCCNCC(=O)Nc1ccc(F)c([N+](=O)[O-])c1. The average molecular weight is 255 g/mol. The lowest BCUT2D eigenvalue weighted by atomic mass is 10.2. The molecule has 2 N–H and O–H groups in total. The zero-order valence-electron chi connectivity index (χ0n) is 9.90. The van der Waals surface area contributed by atoms with Crippen LogP contribution in [0.4, 0.5) is 15.8 Å². The van der Waals surface area contributed by atoms with Crippen LogP contribution >= 0.6 is 0 Å². The van der Waals surface area contributed by atoms with Crippen molar-refractivity contribution in [3.05, 3.63) is 34.1 Å². The van der Waals surface area contributed by atoms with Gasteiger partial charge >= 0.3 is 5.69 Å². The molecular weight excluding hydrogens is 241 g/mol. The molecule has 1 amide bonds. The number of halogens is 1. The maximum Gasteiger partial charge on any atom is 0.306 e. The Morgan fingerprint density at radius 2 is 2.22 bits per heavy atom. The minimum Gasteiger partial charge on any atom is -0.325 e. The first-order chi connectivity index (χ1) is 8.54. The summed E-state index contributed by atoms with van der Waals surface area (Å²) < 4.78 is 13.0. The summed E-state index contributed by atoms with van der Waals surface area (Å²) in [5.74, 6) is -1.26. The fraction of sp³-hybridized carbons (Fsp3) is 0.364. The van der Waals surface area contributed by atoms with Crippen LogP contribution in [0, 0.1) is 15.9 Å². The van der Waals surface area contributed by atoms with E-state index in [4.69, 9.17) is 0 Å². The Morgan fingerprint density at radius 3 is 2.83 bits per heavy atom. The Hall–Kier alpha value is -2.02. The van der Waals surface area contributed by atoms with Crippen molar-refractivity contribution < 1.29 is 14.1 Å². The molecule has 0 aliphatic rings. The molecule has 0 aliphatic carbocycles. The highest BCUT2D eigenvalue weighted by atomic mass is 19.1. The normalized spacial score (nSPS) is 10.1. The number of rotatable bonds is 6. The van der Waals surface area contributed by atoms with E-state index in [2.05, 4.69) is 10.6 Å². The van der Waals surface area contributed by atoms with E-state index < -0.39 is 16.4 Å². The topological polar surface area (TPSA) is 84.3 Å². The zero-order valence-corrected chi connectivity index (χ0v) is 9.90. The summed E-state index contributed by atoms with van der Waals surface area (Å²) in [6, 6.07) is 3.22. The van der Waals surface area contributed by atoms with Crippen molar-refractivity contribution in [3.63, 3.8) is 0 Å². The molecule has 0 unspecified atom stereocenters. The van der Waals surface area contributed by atoms with E-state index in [0.29, 0.717) is 6.54 Å². The van der Waals surface area contributed by atoms with Gasteiger partial charge in [-0.05, 0) is 25.1 Å². The van der Waals surface area contributed by atoms with E-state index in [0.717, 1.165) is 18.6 Å². The van der Waals surface area contributed by atoms with E-state index >= 15 is 0 Å². The molecule has 0 saturated heterocycles. The van der Waals surface area contributed by atoms with Crippen LogP contribution in [0.15, 0.2) is 18.2 Å². The molecule has 1 aromatic carbocycles. The quantitative estimate of drug-likeness (QED) is 0.460. The number of hydrogen-bond donors (Lipinski definition) is 2. The second-order valence-corrected chi connectivity index (χ2v) is 3.65. The van der Waals surface area contributed by atoms with Crippen molar-refractivity contribution >= 4 is 17.3 Å². The lowest BCUT2D eigenvalue weighted by Gasteiger charge is -2.06. The molecule has 18 heavy (non-hydrogen) atoms. The first-order valence-electron chi connectivity index (χ1n) is 5.49. The molecule has 0 aliphatic heterocycles. The molecule has 6 nitrogen and oxygen atoms in total. The zero-order chi connectivity index (χ0) is 13.5. The van der Waals surface area contributed by atoms with Gasteiger partial charge in [-0.15, -0.1) is 0 Å². The number of nitro groups is 1. The Labute approximate surface area is 103 Å². The minimum atomic E-state index is -0.929. The molecular formula is C11H14FN3O3. The monoisotopic (exact) mass is 255 g/mol. The second kappa shape index (κ2) is 6.65. The van der Waals surface area contributed by atoms with Crippen LogP contribution in [0.1, 0.15) is 13.3 Å². The van der Waals surface area contributed by atoms with Crippen molar-refractivity contribution in [3.8, 4) is 0 Å². The molecule has 0 spiro atoms. The number of nitro benzene ring substituents is 1. The summed E-state index contributed by atoms with van der Waals surface area (Å²) in [5, 5.41) is 15.8. The smallest absolute Gasteiger partial charge is 0.306 e. The highest BCUT2D eigenvalue weighted by Gasteiger charge is 2.15. The molecule has 0 atom stereocenters. The molecule has 1 aromatic rings. The van der Waals surface area contributed by atoms with Gasteiger partial charge in [-0.1, -0.05) is 6.92 Å². The van der Waals surface area contributed by atoms with Crippen LogP contribution in [0.2, 0.25) is 0 Å². The van der Waals surface area contributed by atoms with Crippen LogP contribution in [0.25, 0.3) is 0 Å². The molecule has 98 valence electrons. The van der Waals surface area contributed by atoms with Crippen LogP contribution in [-0.4, -0.2) is 23.9 Å². The largest absolute Gasteiger partial charge is 0.325 e. The van der Waals surface area contributed by atoms with Crippen molar-refractivity contribution in [2.75, 3.05) is 18.4 Å². The number of carbonyl (C=O) groups is 1. The van der Waals surface area contributed by atoms with Crippen molar-refractivity contribution in [2.24, 2.45) is 0 Å². The van der Waals surface area contributed by atoms with Crippen LogP contribution < -0.4 is 10.6 Å².